The van der Waals surface area contributed by atoms with E-state index in [1.807, 2.05) is 13.8 Å². The predicted octanol–water partition coefficient (Wildman–Crippen LogP) is 3.00. The molecule has 0 aliphatic rings. The molecule has 0 amide bonds. The maximum absolute atomic E-state index is 10.8. The van der Waals surface area contributed by atoms with E-state index in [-0.39, 0.29) is 18.2 Å². The maximum Gasteiger partial charge on any atom is 0.272 e. The molecular formula is C14H21NO4. The number of aryl methyl sites for hydroxylation is 2. The summed E-state index contributed by atoms with van der Waals surface area (Å²) in [6.07, 6.45) is 0. The van der Waals surface area contributed by atoms with E-state index in [1.54, 1.807) is 26.8 Å². The van der Waals surface area contributed by atoms with E-state index in [0.29, 0.717) is 16.9 Å². The highest BCUT2D eigenvalue weighted by Crippen LogP contribution is 2.28. The fourth-order valence-corrected chi connectivity index (χ4v) is 1.52. The lowest BCUT2D eigenvalue weighted by Crippen LogP contribution is -2.37. The third-order valence-corrected chi connectivity index (χ3v) is 3.45. The maximum atomic E-state index is 10.8. The van der Waals surface area contributed by atoms with Gasteiger partial charge in [-0.2, -0.15) is 0 Å². The molecule has 0 bridgehead atoms. The van der Waals surface area contributed by atoms with Crippen LogP contribution < -0.4 is 4.74 Å². The number of aliphatic hydroxyl groups is 1. The predicted molar refractivity (Wildman–Crippen MR) is 73.5 cm³/mol. The first kappa shape index (κ1) is 15.4. The van der Waals surface area contributed by atoms with Crippen molar-refractivity contribution < 1.29 is 14.8 Å². The molecule has 1 rings (SSSR count). The Labute approximate surface area is 113 Å². The largest absolute Gasteiger partial charge is 0.490 e. The molecule has 0 fully saturated rings. The number of hydrogen-bond acceptors (Lipinski definition) is 4. The number of hydrogen-bond donors (Lipinski definition) is 1. The van der Waals surface area contributed by atoms with Gasteiger partial charge in [0.25, 0.3) is 5.69 Å². The lowest BCUT2D eigenvalue weighted by atomic mass is 9.94. The standard InChI is InChI=1S/C14H21NO4/c1-9(2)14(5,16)8-19-13-7-10(3)12(15(17)18)6-11(13)4/h6-7,9,16H,8H2,1-5H3. The van der Waals surface area contributed by atoms with Crippen LogP contribution in [0.5, 0.6) is 5.75 Å². The van der Waals surface area contributed by atoms with Crippen molar-refractivity contribution in [3.8, 4) is 5.75 Å². The van der Waals surface area contributed by atoms with Crippen molar-refractivity contribution in [2.75, 3.05) is 6.61 Å². The van der Waals surface area contributed by atoms with Gasteiger partial charge < -0.3 is 9.84 Å². The molecule has 5 heteroatoms. The molecule has 0 aromatic heterocycles. The Bertz CT molecular complexity index is 481. The molecule has 1 N–H and O–H groups in total. The highest BCUT2D eigenvalue weighted by Gasteiger charge is 2.26. The van der Waals surface area contributed by atoms with Crippen LogP contribution in [0.1, 0.15) is 31.9 Å². The molecule has 5 nitrogen and oxygen atoms in total. The van der Waals surface area contributed by atoms with E-state index in [2.05, 4.69) is 0 Å². The molecule has 0 aliphatic heterocycles. The van der Waals surface area contributed by atoms with Crippen molar-refractivity contribution in [2.45, 2.75) is 40.2 Å². The van der Waals surface area contributed by atoms with E-state index >= 15 is 0 Å². The summed E-state index contributed by atoms with van der Waals surface area (Å²) in [6, 6.07) is 3.14. The number of nitro groups is 1. The van der Waals surface area contributed by atoms with Gasteiger partial charge in [0.05, 0.1) is 10.5 Å². The molecule has 19 heavy (non-hydrogen) atoms. The second kappa shape index (κ2) is 5.57. The van der Waals surface area contributed by atoms with Gasteiger partial charge in [0.15, 0.2) is 0 Å². The van der Waals surface area contributed by atoms with Crippen LogP contribution in [0.4, 0.5) is 5.69 Å². The Hall–Kier alpha value is -1.62. The highest BCUT2D eigenvalue weighted by atomic mass is 16.6. The van der Waals surface area contributed by atoms with E-state index in [4.69, 9.17) is 4.74 Å². The van der Waals surface area contributed by atoms with Gasteiger partial charge in [0, 0.05) is 11.6 Å². The second-order valence-corrected chi connectivity index (χ2v) is 5.46. The minimum absolute atomic E-state index is 0.0620. The Kier molecular flexibility index (Phi) is 4.52. The minimum Gasteiger partial charge on any atom is -0.490 e. The van der Waals surface area contributed by atoms with Gasteiger partial charge >= 0.3 is 0 Å². The molecule has 0 saturated carbocycles. The van der Waals surface area contributed by atoms with Crippen LogP contribution >= 0.6 is 0 Å². The molecular weight excluding hydrogens is 246 g/mol. The van der Waals surface area contributed by atoms with Gasteiger partial charge in [-0.15, -0.1) is 0 Å². The number of nitro benzene ring substituents is 1. The highest BCUT2D eigenvalue weighted by molar-refractivity contribution is 5.49. The van der Waals surface area contributed by atoms with E-state index in [1.165, 1.54) is 6.07 Å². The van der Waals surface area contributed by atoms with Gasteiger partial charge in [-0.05, 0) is 38.3 Å². The molecule has 0 heterocycles. The lowest BCUT2D eigenvalue weighted by molar-refractivity contribution is -0.385. The van der Waals surface area contributed by atoms with Crippen molar-refractivity contribution in [3.05, 3.63) is 33.4 Å². The van der Waals surface area contributed by atoms with Gasteiger partial charge in [0.2, 0.25) is 0 Å². The molecule has 1 aromatic carbocycles. The van der Waals surface area contributed by atoms with Gasteiger partial charge in [0.1, 0.15) is 12.4 Å². The van der Waals surface area contributed by atoms with Crippen molar-refractivity contribution in [3.63, 3.8) is 0 Å². The topological polar surface area (TPSA) is 72.6 Å². The number of ether oxygens (including phenoxy) is 1. The SMILES string of the molecule is Cc1cc([N+](=O)[O-])c(C)cc1OCC(C)(O)C(C)C. The Morgan fingerprint density at radius 1 is 1.37 bits per heavy atom. The Morgan fingerprint density at radius 2 is 1.95 bits per heavy atom. The summed E-state index contributed by atoms with van der Waals surface area (Å²) >= 11 is 0. The lowest BCUT2D eigenvalue weighted by Gasteiger charge is -2.27. The van der Waals surface area contributed by atoms with Crippen LogP contribution in [0, 0.1) is 29.9 Å². The fraction of sp³-hybridized carbons (Fsp3) is 0.571. The summed E-state index contributed by atoms with van der Waals surface area (Å²) in [4.78, 5) is 10.4. The first-order valence-corrected chi connectivity index (χ1v) is 6.26. The molecule has 1 atom stereocenters. The minimum atomic E-state index is -0.928. The average Bonchev–Trinajstić information content (AvgIpc) is 2.29. The van der Waals surface area contributed by atoms with Crippen LogP contribution in [-0.4, -0.2) is 22.2 Å². The number of nitrogens with zero attached hydrogens (tertiary/aromatic N) is 1. The molecule has 1 unspecified atom stereocenters. The van der Waals surface area contributed by atoms with Crippen LogP contribution in [-0.2, 0) is 0 Å². The Morgan fingerprint density at radius 3 is 2.42 bits per heavy atom. The van der Waals surface area contributed by atoms with E-state index in [0.717, 1.165) is 0 Å². The van der Waals surface area contributed by atoms with E-state index in [9.17, 15) is 15.2 Å². The Balaban J connectivity index is 2.92. The monoisotopic (exact) mass is 267 g/mol. The van der Waals surface area contributed by atoms with Gasteiger partial charge in [-0.3, -0.25) is 10.1 Å². The molecule has 0 radical (unpaired) electrons. The summed E-state index contributed by atoms with van der Waals surface area (Å²) < 4.78 is 5.61. The van der Waals surface area contributed by atoms with Crippen molar-refractivity contribution in [1.29, 1.82) is 0 Å². The van der Waals surface area contributed by atoms with Crippen molar-refractivity contribution in [1.82, 2.24) is 0 Å². The normalized spacial score (nSPS) is 14.3. The first-order valence-electron chi connectivity index (χ1n) is 6.26. The summed E-state index contributed by atoms with van der Waals surface area (Å²) in [7, 11) is 0. The average molecular weight is 267 g/mol. The number of benzene rings is 1. The summed E-state index contributed by atoms with van der Waals surface area (Å²) in [5.41, 5.74) is 0.398. The summed E-state index contributed by atoms with van der Waals surface area (Å²) in [5.74, 6) is 0.635. The van der Waals surface area contributed by atoms with Crippen LogP contribution in [0.25, 0.3) is 0 Å². The number of rotatable bonds is 5. The van der Waals surface area contributed by atoms with Crippen molar-refractivity contribution >= 4 is 5.69 Å². The second-order valence-electron chi connectivity index (χ2n) is 5.46. The van der Waals surface area contributed by atoms with Gasteiger partial charge in [-0.1, -0.05) is 13.8 Å². The molecule has 0 aliphatic carbocycles. The zero-order valence-corrected chi connectivity index (χ0v) is 12.1. The molecule has 1 aromatic rings. The van der Waals surface area contributed by atoms with Crippen LogP contribution in [0.15, 0.2) is 12.1 Å². The summed E-state index contributed by atoms with van der Waals surface area (Å²) in [5, 5.41) is 20.9. The van der Waals surface area contributed by atoms with E-state index < -0.39 is 10.5 Å². The zero-order valence-electron chi connectivity index (χ0n) is 12.1. The third-order valence-electron chi connectivity index (χ3n) is 3.45. The third kappa shape index (κ3) is 3.67. The zero-order chi connectivity index (χ0) is 14.8. The van der Waals surface area contributed by atoms with Crippen LogP contribution in [0.3, 0.4) is 0 Å². The first-order chi connectivity index (χ1) is 8.65. The molecule has 106 valence electrons. The van der Waals surface area contributed by atoms with Crippen molar-refractivity contribution in [2.24, 2.45) is 5.92 Å². The quantitative estimate of drug-likeness (QED) is 0.657. The summed E-state index contributed by atoms with van der Waals surface area (Å²) in [6.45, 7) is 9.12. The smallest absolute Gasteiger partial charge is 0.272 e. The van der Waals surface area contributed by atoms with Gasteiger partial charge in [-0.25, -0.2) is 0 Å². The molecule has 0 saturated heterocycles. The fourth-order valence-electron chi connectivity index (χ4n) is 1.52. The molecule has 0 spiro atoms. The van der Waals surface area contributed by atoms with Crippen LogP contribution in [0.2, 0.25) is 0 Å².